The molecule has 3 aromatic rings. The number of benzene rings is 2. The summed E-state index contributed by atoms with van der Waals surface area (Å²) in [6.07, 6.45) is 3.50. The molecule has 3 N–H and O–H groups in total. The van der Waals surface area contributed by atoms with Gasteiger partial charge in [0.2, 0.25) is 5.91 Å². The van der Waals surface area contributed by atoms with Gasteiger partial charge < -0.3 is 10.1 Å². The van der Waals surface area contributed by atoms with Gasteiger partial charge in [-0.25, -0.2) is 4.68 Å². The molecule has 0 bridgehead atoms. The van der Waals surface area contributed by atoms with E-state index in [1.165, 1.54) is 0 Å². The molecule has 3 rings (SSSR count). The van der Waals surface area contributed by atoms with Crippen LogP contribution in [0.5, 0.6) is 5.75 Å². The molecule has 0 radical (unpaired) electrons. The largest absolute Gasteiger partial charge is 0.495 e. The summed E-state index contributed by atoms with van der Waals surface area (Å²) in [5.41, 5.74) is 7.12. The standard InChI is InChI=1S/C20H21N5O3/c1-28-18-10-6-5-9-17(18)21-13-20(27)24-23-19(26)11-15-12-22-25(14-15)16-7-3-2-4-8-16/h2-10,12,14,21H,11,13H2,1H3,(H,23,26)(H,24,27). The molecule has 0 atom stereocenters. The lowest BCUT2D eigenvalue weighted by Crippen LogP contribution is -2.44. The third-order valence-corrected chi connectivity index (χ3v) is 3.91. The van der Waals surface area contributed by atoms with Crippen molar-refractivity contribution in [1.29, 1.82) is 0 Å². The zero-order valence-corrected chi connectivity index (χ0v) is 15.4. The summed E-state index contributed by atoms with van der Waals surface area (Å²) in [7, 11) is 1.56. The van der Waals surface area contributed by atoms with Gasteiger partial charge in [0, 0.05) is 6.20 Å². The molecule has 0 saturated heterocycles. The molecule has 28 heavy (non-hydrogen) atoms. The van der Waals surface area contributed by atoms with E-state index in [0.29, 0.717) is 11.4 Å². The van der Waals surface area contributed by atoms with E-state index in [4.69, 9.17) is 4.74 Å². The average molecular weight is 379 g/mol. The summed E-state index contributed by atoms with van der Waals surface area (Å²) < 4.78 is 6.90. The molecule has 8 heteroatoms. The van der Waals surface area contributed by atoms with E-state index in [-0.39, 0.29) is 24.8 Å². The zero-order valence-electron chi connectivity index (χ0n) is 15.4. The predicted octanol–water partition coefficient (Wildman–Crippen LogP) is 1.68. The Bertz CT molecular complexity index is 940. The molecule has 8 nitrogen and oxygen atoms in total. The minimum absolute atomic E-state index is 0.00735. The van der Waals surface area contributed by atoms with Crippen LogP contribution in [0.1, 0.15) is 5.56 Å². The van der Waals surface area contributed by atoms with Crippen molar-refractivity contribution in [3.8, 4) is 11.4 Å². The molecule has 1 aromatic heterocycles. The van der Waals surface area contributed by atoms with Gasteiger partial charge in [-0.15, -0.1) is 0 Å². The van der Waals surface area contributed by atoms with E-state index in [2.05, 4.69) is 21.3 Å². The Balaban J connectivity index is 1.44. The Morgan fingerprint density at radius 3 is 2.50 bits per heavy atom. The van der Waals surface area contributed by atoms with Crippen molar-refractivity contribution < 1.29 is 14.3 Å². The number of hydrogen-bond donors (Lipinski definition) is 3. The fraction of sp³-hybridized carbons (Fsp3) is 0.150. The number of methoxy groups -OCH3 is 1. The molecule has 0 spiro atoms. The summed E-state index contributed by atoms with van der Waals surface area (Å²) in [6, 6.07) is 16.9. The smallest absolute Gasteiger partial charge is 0.257 e. The lowest BCUT2D eigenvalue weighted by molar-refractivity contribution is -0.127. The van der Waals surface area contributed by atoms with Crippen molar-refractivity contribution in [2.75, 3.05) is 19.0 Å². The number of para-hydroxylation sites is 3. The van der Waals surface area contributed by atoms with Gasteiger partial charge in [0.1, 0.15) is 5.75 Å². The van der Waals surface area contributed by atoms with Crippen molar-refractivity contribution >= 4 is 17.5 Å². The molecule has 0 unspecified atom stereocenters. The fourth-order valence-corrected chi connectivity index (χ4v) is 2.55. The van der Waals surface area contributed by atoms with Gasteiger partial charge in [-0.2, -0.15) is 5.10 Å². The number of ether oxygens (including phenoxy) is 1. The van der Waals surface area contributed by atoms with Crippen LogP contribution in [0.3, 0.4) is 0 Å². The van der Waals surface area contributed by atoms with Gasteiger partial charge in [-0.1, -0.05) is 30.3 Å². The molecule has 2 amide bonds. The molecule has 0 aliphatic heterocycles. The third kappa shape index (κ3) is 5.10. The van der Waals surface area contributed by atoms with Crippen molar-refractivity contribution in [3.05, 3.63) is 72.6 Å². The van der Waals surface area contributed by atoms with E-state index in [9.17, 15) is 9.59 Å². The van der Waals surface area contributed by atoms with Crippen LogP contribution < -0.4 is 20.9 Å². The van der Waals surface area contributed by atoms with Gasteiger partial charge in [-0.3, -0.25) is 20.4 Å². The average Bonchev–Trinajstić information content (AvgIpc) is 3.20. The van der Waals surface area contributed by atoms with E-state index < -0.39 is 0 Å². The van der Waals surface area contributed by atoms with Crippen molar-refractivity contribution in [2.45, 2.75) is 6.42 Å². The first-order valence-corrected chi connectivity index (χ1v) is 8.69. The lowest BCUT2D eigenvalue weighted by atomic mass is 10.2. The normalized spacial score (nSPS) is 10.2. The molecule has 1 heterocycles. The first-order chi connectivity index (χ1) is 13.7. The number of anilines is 1. The van der Waals surface area contributed by atoms with Gasteiger partial charge in [0.15, 0.2) is 0 Å². The quantitative estimate of drug-likeness (QED) is 0.543. The summed E-state index contributed by atoms with van der Waals surface area (Å²) >= 11 is 0. The molecule has 0 saturated carbocycles. The topological polar surface area (TPSA) is 97.3 Å². The maximum Gasteiger partial charge on any atom is 0.257 e. The fourth-order valence-electron chi connectivity index (χ4n) is 2.55. The molecule has 0 fully saturated rings. The second-order valence-electron chi connectivity index (χ2n) is 5.96. The van der Waals surface area contributed by atoms with Crippen LogP contribution in [0, 0.1) is 0 Å². The molecular weight excluding hydrogens is 358 g/mol. The maximum absolute atomic E-state index is 12.0. The van der Waals surface area contributed by atoms with Crippen LogP contribution in [0.4, 0.5) is 5.69 Å². The number of aromatic nitrogens is 2. The first-order valence-electron chi connectivity index (χ1n) is 8.69. The van der Waals surface area contributed by atoms with E-state index >= 15 is 0 Å². The molecule has 0 aliphatic carbocycles. The summed E-state index contributed by atoms with van der Waals surface area (Å²) in [5.74, 6) is -0.0766. The SMILES string of the molecule is COc1ccccc1NCC(=O)NNC(=O)Cc1cnn(-c2ccccc2)c1. The highest BCUT2D eigenvalue weighted by molar-refractivity contribution is 5.85. The summed E-state index contributed by atoms with van der Waals surface area (Å²) in [5, 5.41) is 7.20. The minimum atomic E-state index is -0.376. The number of carbonyl (C=O) groups is 2. The van der Waals surface area contributed by atoms with Crippen LogP contribution in [0.2, 0.25) is 0 Å². The monoisotopic (exact) mass is 379 g/mol. The molecular formula is C20H21N5O3. The Morgan fingerprint density at radius 2 is 1.71 bits per heavy atom. The summed E-state index contributed by atoms with van der Waals surface area (Å²) in [6.45, 7) is -0.00735. The van der Waals surface area contributed by atoms with Crippen molar-refractivity contribution in [1.82, 2.24) is 20.6 Å². The molecule has 2 aromatic carbocycles. The highest BCUT2D eigenvalue weighted by atomic mass is 16.5. The van der Waals surface area contributed by atoms with E-state index in [1.807, 2.05) is 42.5 Å². The number of nitrogens with one attached hydrogen (secondary N) is 3. The Hall–Kier alpha value is -3.81. The molecule has 0 aliphatic rings. The van der Waals surface area contributed by atoms with Gasteiger partial charge in [0.05, 0.1) is 37.6 Å². The third-order valence-electron chi connectivity index (χ3n) is 3.91. The lowest BCUT2D eigenvalue weighted by Gasteiger charge is -2.11. The number of hydrazine groups is 1. The number of rotatable bonds is 7. The number of amides is 2. The second kappa shape index (κ2) is 9.22. The maximum atomic E-state index is 12.0. The minimum Gasteiger partial charge on any atom is -0.495 e. The van der Waals surface area contributed by atoms with Crippen LogP contribution in [-0.2, 0) is 16.0 Å². The first kappa shape index (κ1) is 19.0. The Labute approximate surface area is 162 Å². The van der Waals surface area contributed by atoms with Crippen LogP contribution in [0.25, 0.3) is 5.69 Å². The van der Waals surface area contributed by atoms with Gasteiger partial charge in [0.25, 0.3) is 5.91 Å². The van der Waals surface area contributed by atoms with Crippen LogP contribution >= 0.6 is 0 Å². The van der Waals surface area contributed by atoms with Gasteiger partial charge >= 0.3 is 0 Å². The van der Waals surface area contributed by atoms with Crippen molar-refractivity contribution in [2.24, 2.45) is 0 Å². The second-order valence-corrected chi connectivity index (χ2v) is 5.96. The van der Waals surface area contributed by atoms with Gasteiger partial charge in [-0.05, 0) is 29.8 Å². The van der Waals surface area contributed by atoms with Crippen LogP contribution in [0.15, 0.2) is 67.0 Å². The number of hydrogen-bond acceptors (Lipinski definition) is 5. The summed E-state index contributed by atoms with van der Waals surface area (Å²) in [4.78, 5) is 24.0. The highest BCUT2D eigenvalue weighted by Gasteiger charge is 2.09. The zero-order chi connectivity index (χ0) is 19.8. The molecule has 144 valence electrons. The Kier molecular flexibility index (Phi) is 6.25. The van der Waals surface area contributed by atoms with E-state index in [1.54, 1.807) is 36.3 Å². The number of nitrogens with zero attached hydrogens (tertiary/aromatic N) is 2. The number of carbonyl (C=O) groups excluding carboxylic acids is 2. The Morgan fingerprint density at radius 1 is 1.00 bits per heavy atom. The van der Waals surface area contributed by atoms with Crippen molar-refractivity contribution in [3.63, 3.8) is 0 Å². The van der Waals surface area contributed by atoms with Crippen LogP contribution in [-0.4, -0.2) is 35.2 Å². The van der Waals surface area contributed by atoms with E-state index in [0.717, 1.165) is 11.3 Å². The predicted molar refractivity (Wildman–Crippen MR) is 105 cm³/mol. The highest BCUT2D eigenvalue weighted by Crippen LogP contribution is 2.22.